The molecule has 0 unspecified atom stereocenters. The van der Waals surface area contributed by atoms with E-state index in [0.29, 0.717) is 6.61 Å². The van der Waals surface area contributed by atoms with Crippen molar-refractivity contribution in [1.82, 2.24) is 5.32 Å². The van der Waals surface area contributed by atoms with Gasteiger partial charge in [-0.05, 0) is 60.5 Å². The van der Waals surface area contributed by atoms with Crippen LogP contribution in [0.5, 0.6) is 5.75 Å². The SMILES string of the molecule is O=C(CNCCc1ccc(Cl)cc1)Nc1ccc(OCc2ccccc2)cc1. The lowest BCUT2D eigenvalue weighted by molar-refractivity contribution is -0.115. The van der Waals surface area contributed by atoms with E-state index in [0.717, 1.165) is 35.0 Å². The summed E-state index contributed by atoms with van der Waals surface area (Å²) in [6.45, 7) is 1.51. The molecule has 0 saturated heterocycles. The van der Waals surface area contributed by atoms with E-state index < -0.39 is 0 Å². The first-order chi connectivity index (χ1) is 13.7. The minimum atomic E-state index is -0.0749. The number of benzene rings is 3. The Bertz CT molecular complexity index is 865. The van der Waals surface area contributed by atoms with Crippen molar-refractivity contribution in [3.05, 3.63) is 95.0 Å². The van der Waals surface area contributed by atoms with Crippen LogP contribution in [0.15, 0.2) is 78.9 Å². The van der Waals surface area contributed by atoms with Crippen molar-refractivity contribution in [2.75, 3.05) is 18.4 Å². The van der Waals surface area contributed by atoms with Crippen LogP contribution in [-0.4, -0.2) is 19.0 Å². The van der Waals surface area contributed by atoms with Crippen LogP contribution >= 0.6 is 11.6 Å². The summed E-state index contributed by atoms with van der Waals surface area (Å²) in [5, 5.41) is 6.75. The molecular formula is C23H23ClN2O2. The summed E-state index contributed by atoms with van der Waals surface area (Å²) >= 11 is 5.87. The van der Waals surface area contributed by atoms with Crippen LogP contribution < -0.4 is 15.4 Å². The topological polar surface area (TPSA) is 50.4 Å². The van der Waals surface area contributed by atoms with Crippen molar-refractivity contribution in [2.24, 2.45) is 0 Å². The summed E-state index contributed by atoms with van der Waals surface area (Å²) in [6, 6.07) is 25.1. The highest BCUT2D eigenvalue weighted by Gasteiger charge is 2.03. The van der Waals surface area contributed by atoms with Gasteiger partial charge in [0.1, 0.15) is 12.4 Å². The van der Waals surface area contributed by atoms with E-state index in [2.05, 4.69) is 10.6 Å². The molecule has 0 radical (unpaired) electrons. The lowest BCUT2D eigenvalue weighted by Gasteiger charge is -2.09. The quantitative estimate of drug-likeness (QED) is 0.517. The van der Waals surface area contributed by atoms with Gasteiger partial charge >= 0.3 is 0 Å². The number of hydrogen-bond donors (Lipinski definition) is 2. The van der Waals surface area contributed by atoms with Crippen LogP contribution in [0, 0.1) is 0 Å². The van der Waals surface area contributed by atoms with E-state index in [1.807, 2.05) is 78.9 Å². The molecule has 5 heteroatoms. The molecule has 3 aromatic rings. The monoisotopic (exact) mass is 394 g/mol. The lowest BCUT2D eigenvalue weighted by Crippen LogP contribution is -2.29. The van der Waals surface area contributed by atoms with Crippen molar-refractivity contribution in [1.29, 1.82) is 0 Å². The number of ether oxygens (including phenoxy) is 1. The molecule has 3 aromatic carbocycles. The number of amides is 1. The Labute approximate surface area is 170 Å². The number of hydrogen-bond acceptors (Lipinski definition) is 3. The average Bonchev–Trinajstić information content (AvgIpc) is 2.73. The van der Waals surface area contributed by atoms with Crippen molar-refractivity contribution in [3.8, 4) is 5.75 Å². The van der Waals surface area contributed by atoms with Gasteiger partial charge in [-0.25, -0.2) is 0 Å². The Morgan fingerprint density at radius 3 is 2.29 bits per heavy atom. The van der Waals surface area contributed by atoms with E-state index in [1.54, 1.807) is 0 Å². The van der Waals surface area contributed by atoms with Gasteiger partial charge in [-0.1, -0.05) is 54.1 Å². The number of halogens is 1. The van der Waals surface area contributed by atoms with E-state index >= 15 is 0 Å². The second-order valence-electron chi connectivity index (χ2n) is 6.40. The summed E-state index contributed by atoms with van der Waals surface area (Å²) in [7, 11) is 0. The molecule has 0 saturated carbocycles. The van der Waals surface area contributed by atoms with Gasteiger partial charge < -0.3 is 15.4 Å². The Balaban J connectivity index is 1.36. The largest absolute Gasteiger partial charge is 0.489 e. The lowest BCUT2D eigenvalue weighted by atomic mass is 10.1. The summed E-state index contributed by atoms with van der Waals surface area (Å²) < 4.78 is 5.75. The zero-order chi connectivity index (χ0) is 19.6. The minimum Gasteiger partial charge on any atom is -0.489 e. The maximum absolute atomic E-state index is 12.0. The fourth-order valence-corrected chi connectivity index (χ4v) is 2.79. The van der Waals surface area contributed by atoms with Gasteiger partial charge in [0.05, 0.1) is 6.54 Å². The third-order valence-electron chi connectivity index (χ3n) is 4.18. The van der Waals surface area contributed by atoms with Crippen molar-refractivity contribution >= 4 is 23.2 Å². The molecule has 0 bridgehead atoms. The average molecular weight is 395 g/mol. The Kier molecular flexibility index (Phi) is 7.47. The predicted octanol–water partition coefficient (Wildman–Crippen LogP) is 4.69. The molecule has 0 aromatic heterocycles. The van der Waals surface area contributed by atoms with Crippen molar-refractivity contribution < 1.29 is 9.53 Å². The van der Waals surface area contributed by atoms with Gasteiger partial charge in [0, 0.05) is 10.7 Å². The fraction of sp³-hybridized carbons (Fsp3) is 0.174. The van der Waals surface area contributed by atoms with E-state index in [4.69, 9.17) is 16.3 Å². The zero-order valence-electron chi connectivity index (χ0n) is 15.5. The maximum Gasteiger partial charge on any atom is 0.238 e. The standard InChI is InChI=1S/C23H23ClN2O2/c24-20-8-6-18(7-9-20)14-15-25-16-23(27)26-21-10-12-22(13-11-21)28-17-19-4-2-1-3-5-19/h1-13,25H,14-17H2,(H,26,27). The number of carbonyl (C=O) groups excluding carboxylic acids is 1. The molecular weight excluding hydrogens is 372 g/mol. The molecule has 0 fully saturated rings. The minimum absolute atomic E-state index is 0.0749. The van der Waals surface area contributed by atoms with Crippen LogP contribution in [-0.2, 0) is 17.8 Å². The summed E-state index contributed by atoms with van der Waals surface area (Å²) in [4.78, 5) is 12.0. The molecule has 0 spiro atoms. The van der Waals surface area contributed by atoms with Gasteiger partial charge in [0.15, 0.2) is 0 Å². The van der Waals surface area contributed by atoms with Crippen LogP contribution in [0.2, 0.25) is 5.02 Å². The van der Waals surface area contributed by atoms with Crippen LogP contribution in [0.3, 0.4) is 0 Å². The summed E-state index contributed by atoms with van der Waals surface area (Å²) in [6.07, 6.45) is 0.845. The number of rotatable bonds is 9. The third-order valence-corrected chi connectivity index (χ3v) is 4.43. The van der Waals surface area contributed by atoms with Crippen molar-refractivity contribution in [2.45, 2.75) is 13.0 Å². The van der Waals surface area contributed by atoms with E-state index in [1.165, 1.54) is 5.56 Å². The second kappa shape index (κ2) is 10.5. The highest BCUT2D eigenvalue weighted by atomic mass is 35.5. The summed E-state index contributed by atoms with van der Waals surface area (Å²) in [5.41, 5.74) is 3.05. The van der Waals surface area contributed by atoms with Gasteiger partial charge in [0.2, 0.25) is 5.91 Å². The maximum atomic E-state index is 12.0. The van der Waals surface area contributed by atoms with E-state index in [9.17, 15) is 4.79 Å². The zero-order valence-corrected chi connectivity index (χ0v) is 16.3. The first-order valence-electron chi connectivity index (χ1n) is 9.21. The molecule has 144 valence electrons. The fourth-order valence-electron chi connectivity index (χ4n) is 2.67. The first kappa shape index (κ1) is 19.9. The first-order valence-corrected chi connectivity index (χ1v) is 9.59. The third kappa shape index (κ3) is 6.72. The molecule has 2 N–H and O–H groups in total. The molecule has 0 atom stereocenters. The van der Waals surface area contributed by atoms with Gasteiger partial charge in [0.25, 0.3) is 0 Å². The molecule has 4 nitrogen and oxygen atoms in total. The highest BCUT2D eigenvalue weighted by Crippen LogP contribution is 2.17. The van der Waals surface area contributed by atoms with Gasteiger partial charge in [-0.2, -0.15) is 0 Å². The van der Waals surface area contributed by atoms with E-state index in [-0.39, 0.29) is 12.5 Å². The molecule has 0 aliphatic heterocycles. The molecule has 1 amide bonds. The molecule has 0 heterocycles. The van der Waals surface area contributed by atoms with Crippen LogP contribution in [0.4, 0.5) is 5.69 Å². The predicted molar refractivity (Wildman–Crippen MR) is 114 cm³/mol. The van der Waals surface area contributed by atoms with Crippen LogP contribution in [0.1, 0.15) is 11.1 Å². The second-order valence-corrected chi connectivity index (χ2v) is 6.84. The highest BCUT2D eigenvalue weighted by molar-refractivity contribution is 6.30. The van der Waals surface area contributed by atoms with Crippen LogP contribution in [0.25, 0.3) is 0 Å². The Morgan fingerprint density at radius 2 is 1.57 bits per heavy atom. The van der Waals surface area contributed by atoms with Gasteiger partial charge in [-0.15, -0.1) is 0 Å². The molecule has 28 heavy (non-hydrogen) atoms. The smallest absolute Gasteiger partial charge is 0.238 e. The number of nitrogens with one attached hydrogen (secondary N) is 2. The van der Waals surface area contributed by atoms with Crippen molar-refractivity contribution in [3.63, 3.8) is 0 Å². The number of carbonyl (C=O) groups is 1. The molecule has 0 aliphatic carbocycles. The Hall–Kier alpha value is -2.82. The molecule has 0 aliphatic rings. The normalized spacial score (nSPS) is 10.5. The van der Waals surface area contributed by atoms with Gasteiger partial charge in [-0.3, -0.25) is 4.79 Å². The summed E-state index contributed by atoms with van der Waals surface area (Å²) in [5.74, 6) is 0.692. The number of anilines is 1. The Morgan fingerprint density at radius 1 is 0.857 bits per heavy atom. The molecule has 3 rings (SSSR count).